The predicted molar refractivity (Wildman–Crippen MR) is 69.4 cm³/mol. The van der Waals surface area contributed by atoms with Gasteiger partial charge in [-0.2, -0.15) is 0 Å². The van der Waals surface area contributed by atoms with E-state index >= 15 is 0 Å². The zero-order valence-electron chi connectivity index (χ0n) is 9.58. The molecular formula is C12H16Cl2N2. The number of aromatic nitrogens is 1. The lowest BCUT2D eigenvalue weighted by molar-refractivity contribution is 0.604. The van der Waals surface area contributed by atoms with Crippen LogP contribution in [0.4, 0.5) is 5.82 Å². The third kappa shape index (κ3) is 2.44. The number of anilines is 1. The van der Waals surface area contributed by atoms with Crippen LogP contribution in [-0.4, -0.2) is 18.1 Å². The number of pyridine rings is 1. The SMILES string of the molecule is CC(C1CC1)N(C)c1ncc(CCl)cc1Cl. The molecule has 1 aromatic rings. The lowest BCUT2D eigenvalue weighted by Gasteiger charge is -2.26. The molecule has 0 aliphatic heterocycles. The van der Waals surface area contributed by atoms with Crippen LogP contribution in [0.2, 0.25) is 5.02 Å². The van der Waals surface area contributed by atoms with Crippen molar-refractivity contribution < 1.29 is 0 Å². The van der Waals surface area contributed by atoms with Gasteiger partial charge >= 0.3 is 0 Å². The summed E-state index contributed by atoms with van der Waals surface area (Å²) >= 11 is 12.0. The summed E-state index contributed by atoms with van der Waals surface area (Å²) in [5.41, 5.74) is 0.961. The largest absolute Gasteiger partial charge is 0.355 e. The Labute approximate surface area is 107 Å². The van der Waals surface area contributed by atoms with Crippen LogP contribution in [0.1, 0.15) is 25.3 Å². The van der Waals surface area contributed by atoms with Crippen LogP contribution in [0.25, 0.3) is 0 Å². The molecule has 2 nitrogen and oxygen atoms in total. The van der Waals surface area contributed by atoms with E-state index in [1.54, 1.807) is 6.20 Å². The summed E-state index contributed by atoms with van der Waals surface area (Å²) in [5, 5.41) is 0.688. The van der Waals surface area contributed by atoms with Gasteiger partial charge in [0.25, 0.3) is 0 Å². The van der Waals surface area contributed by atoms with E-state index in [-0.39, 0.29) is 0 Å². The number of nitrogens with zero attached hydrogens (tertiary/aromatic N) is 2. The van der Waals surface area contributed by atoms with Crippen LogP contribution >= 0.6 is 23.2 Å². The third-order valence-corrected chi connectivity index (χ3v) is 3.87. The highest BCUT2D eigenvalue weighted by Crippen LogP contribution is 2.37. The van der Waals surface area contributed by atoms with Gasteiger partial charge in [0.1, 0.15) is 5.82 Å². The van der Waals surface area contributed by atoms with E-state index in [4.69, 9.17) is 23.2 Å². The zero-order chi connectivity index (χ0) is 11.7. The second kappa shape index (κ2) is 4.80. The molecule has 0 spiro atoms. The second-order valence-corrected chi connectivity index (χ2v) is 5.15. The van der Waals surface area contributed by atoms with Crippen molar-refractivity contribution in [1.29, 1.82) is 0 Å². The molecule has 1 aliphatic carbocycles. The van der Waals surface area contributed by atoms with E-state index in [1.807, 2.05) is 6.07 Å². The summed E-state index contributed by atoms with van der Waals surface area (Å²) in [7, 11) is 2.05. The molecule has 1 unspecified atom stereocenters. The highest BCUT2D eigenvalue weighted by atomic mass is 35.5. The lowest BCUT2D eigenvalue weighted by atomic mass is 10.2. The normalized spacial score (nSPS) is 17.2. The van der Waals surface area contributed by atoms with Gasteiger partial charge in [-0.05, 0) is 37.3 Å². The van der Waals surface area contributed by atoms with Gasteiger partial charge in [-0.1, -0.05) is 11.6 Å². The second-order valence-electron chi connectivity index (χ2n) is 4.47. The minimum absolute atomic E-state index is 0.453. The molecule has 0 saturated heterocycles. The predicted octanol–water partition coefficient (Wildman–Crippen LogP) is 3.71. The molecule has 0 amide bonds. The molecule has 0 radical (unpaired) electrons. The van der Waals surface area contributed by atoms with Crippen molar-refractivity contribution in [1.82, 2.24) is 4.98 Å². The van der Waals surface area contributed by atoms with Crippen LogP contribution in [0.15, 0.2) is 12.3 Å². The number of halogens is 2. The summed E-state index contributed by atoms with van der Waals surface area (Å²) in [6, 6.07) is 2.40. The van der Waals surface area contributed by atoms with E-state index in [0.717, 1.165) is 17.3 Å². The fourth-order valence-corrected chi connectivity index (χ4v) is 2.36. The third-order valence-electron chi connectivity index (χ3n) is 3.28. The van der Waals surface area contributed by atoms with Gasteiger partial charge in [-0.15, -0.1) is 11.6 Å². The van der Waals surface area contributed by atoms with Crippen molar-refractivity contribution in [3.63, 3.8) is 0 Å². The standard InChI is InChI=1S/C12H16Cl2N2/c1-8(10-3-4-10)16(2)12-11(14)5-9(6-13)7-15-12/h5,7-8,10H,3-4,6H2,1-2H3. The summed E-state index contributed by atoms with van der Waals surface area (Å²) in [5.74, 6) is 2.11. The fraction of sp³-hybridized carbons (Fsp3) is 0.583. The Kier molecular flexibility index (Phi) is 3.60. The topological polar surface area (TPSA) is 16.1 Å². The Morgan fingerprint density at radius 1 is 1.56 bits per heavy atom. The molecule has 1 aromatic heterocycles. The van der Waals surface area contributed by atoms with E-state index in [0.29, 0.717) is 16.9 Å². The molecule has 0 bridgehead atoms. The number of hydrogen-bond acceptors (Lipinski definition) is 2. The Morgan fingerprint density at radius 3 is 2.75 bits per heavy atom. The summed E-state index contributed by atoms with van der Waals surface area (Å²) in [6.07, 6.45) is 4.44. The molecule has 2 rings (SSSR count). The van der Waals surface area contributed by atoms with Crippen molar-refractivity contribution in [3.05, 3.63) is 22.8 Å². The van der Waals surface area contributed by atoms with Gasteiger partial charge in [0.2, 0.25) is 0 Å². The molecule has 1 atom stereocenters. The number of hydrogen-bond donors (Lipinski definition) is 0. The first-order valence-electron chi connectivity index (χ1n) is 5.56. The van der Waals surface area contributed by atoms with Crippen molar-refractivity contribution in [2.45, 2.75) is 31.7 Å². The average molecular weight is 259 g/mol. The lowest BCUT2D eigenvalue weighted by Crippen LogP contribution is -2.31. The van der Waals surface area contributed by atoms with Crippen LogP contribution in [0.5, 0.6) is 0 Å². The molecule has 1 aliphatic rings. The van der Waals surface area contributed by atoms with Crippen LogP contribution < -0.4 is 4.90 Å². The van der Waals surface area contributed by atoms with E-state index in [2.05, 4.69) is 23.9 Å². The Hall–Kier alpha value is -0.470. The van der Waals surface area contributed by atoms with Crippen molar-refractivity contribution in [2.75, 3.05) is 11.9 Å². The van der Waals surface area contributed by atoms with Gasteiger partial charge in [0.05, 0.1) is 5.02 Å². The van der Waals surface area contributed by atoms with Gasteiger partial charge in [0.15, 0.2) is 0 Å². The Bertz CT molecular complexity index is 377. The fourth-order valence-electron chi connectivity index (χ4n) is 1.89. The van der Waals surface area contributed by atoms with Gasteiger partial charge in [-0.25, -0.2) is 4.98 Å². The maximum atomic E-state index is 6.21. The minimum Gasteiger partial charge on any atom is -0.355 e. The number of alkyl halides is 1. The van der Waals surface area contributed by atoms with E-state index in [9.17, 15) is 0 Å². The highest BCUT2D eigenvalue weighted by molar-refractivity contribution is 6.33. The molecule has 88 valence electrons. The molecule has 16 heavy (non-hydrogen) atoms. The minimum atomic E-state index is 0.453. The summed E-state index contributed by atoms with van der Waals surface area (Å²) in [4.78, 5) is 6.55. The molecule has 4 heteroatoms. The molecule has 1 heterocycles. The molecule has 0 aromatic carbocycles. The van der Waals surface area contributed by atoms with Crippen molar-refractivity contribution >= 4 is 29.0 Å². The highest BCUT2D eigenvalue weighted by Gasteiger charge is 2.31. The van der Waals surface area contributed by atoms with Gasteiger partial charge in [-0.3, -0.25) is 0 Å². The summed E-state index contributed by atoms with van der Waals surface area (Å²) in [6.45, 7) is 2.23. The smallest absolute Gasteiger partial charge is 0.147 e. The Morgan fingerprint density at radius 2 is 2.25 bits per heavy atom. The summed E-state index contributed by atoms with van der Waals surface area (Å²) < 4.78 is 0. The molecular weight excluding hydrogens is 243 g/mol. The molecule has 0 N–H and O–H groups in total. The first-order valence-corrected chi connectivity index (χ1v) is 6.48. The molecule has 1 fully saturated rings. The number of rotatable bonds is 4. The average Bonchev–Trinajstić information content (AvgIpc) is 3.10. The monoisotopic (exact) mass is 258 g/mol. The van der Waals surface area contributed by atoms with Crippen molar-refractivity contribution in [3.8, 4) is 0 Å². The van der Waals surface area contributed by atoms with Crippen LogP contribution in [-0.2, 0) is 5.88 Å². The first-order chi connectivity index (χ1) is 7.63. The van der Waals surface area contributed by atoms with E-state index in [1.165, 1.54) is 12.8 Å². The maximum absolute atomic E-state index is 6.21. The Balaban J connectivity index is 2.18. The quantitative estimate of drug-likeness (QED) is 0.766. The van der Waals surface area contributed by atoms with Crippen LogP contribution in [0, 0.1) is 5.92 Å². The zero-order valence-corrected chi connectivity index (χ0v) is 11.1. The van der Waals surface area contributed by atoms with E-state index < -0.39 is 0 Å². The maximum Gasteiger partial charge on any atom is 0.147 e. The first kappa shape index (κ1) is 12.0. The van der Waals surface area contributed by atoms with Crippen molar-refractivity contribution in [2.24, 2.45) is 5.92 Å². The van der Waals surface area contributed by atoms with Crippen LogP contribution in [0.3, 0.4) is 0 Å². The van der Waals surface area contributed by atoms with Gasteiger partial charge in [0, 0.05) is 25.2 Å². The van der Waals surface area contributed by atoms with Gasteiger partial charge < -0.3 is 4.90 Å². The molecule has 1 saturated carbocycles.